The van der Waals surface area contributed by atoms with Crippen LogP contribution in [0, 0.1) is 5.92 Å². The molecule has 0 N–H and O–H groups in total. The Bertz CT molecular complexity index is 336. The van der Waals surface area contributed by atoms with Crippen LogP contribution < -0.4 is 0 Å². The van der Waals surface area contributed by atoms with Gasteiger partial charge in [0.2, 0.25) is 0 Å². The first-order valence-corrected chi connectivity index (χ1v) is 5.65. The predicted molar refractivity (Wildman–Crippen MR) is 65.2 cm³/mol. The highest BCUT2D eigenvalue weighted by Crippen LogP contribution is 2.14. The molecule has 0 aromatic heterocycles. The molecule has 2 heteroatoms. The van der Waals surface area contributed by atoms with Gasteiger partial charge in [0.15, 0.2) is 0 Å². The third kappa shape index (κ3) is 4.47. The lowest BCUT2D eigenvalue weighted by molar-refractivity contribution is -0.159. The molecule has 1 aromatic carbocycles. The predicted octanol–water partition coefficient (Wildman–Crippen LogP) is 3.21. The summed E-state index contributed by atoms with van der Waals surface area (Å²) in [5.74, 6) is -0.224. The van der Waals surface area contributed by atoms with Crippen molar-refractivity contribution in [3.05, 3.63) is 35.9 Å². The molecule has 0 amide bonds. The molecule has 0 aliphatic carbocycles. The molecule has 0 aliphatic heterocycles. The molecule has 0 heterocycles. The van der Waals surface area contributed by atoms with Gasteiger partial charge in [0.05, 0.1) is 5.92 Å². The summed E-state index contributed by atoms with van der Waals surface area (Å²) in [6.45, 7) is 7.57. The van der Waals surface area contributed by atoms with Crippen molar-refractivity contribution in [2.24, 2.45) is 5.92 Å². The van der Waals surface area contributed by atoms with Crippen LogP contribution in [0.2, 0.25) is 0 Å². The van der Waals surface area contributed by atoms with E-state index in [1.807, 2.05) is 58.0 Å². The van der Waals surface area contributed by atoms with Crippen molar-refractivity contribution >= 4 is 5.97 Å². The van der Waals surface area contributed by atoms with Crippen molar-refractivity contribution in [2.75, 3.05) is 0 Å². The van der Waals surface area contributed by atoms with E-state index < -0.39 is 5.60 Å². The molecular weight excluding hydrogens is 200 g/mol. The van der Waals surface area contributed by atoms with Crippen molar-refractivity contribution in [1.82, 2.24) is 0 Å². The highest BCUT2D eigenvalue weighted by atomic mass is 16.6. The minimum Gasteiger partial charge on any atom is -0.460 e. The average Bonchev–Trinajstić information content (AvgIpc) is 2.16. The van der Waals surface area contributed by atoms with E-state index in [1.54, 1.807) is 0 Å². The van der Waals surface area contributed by atoms with E-state index in [1.165, 1.54) is 5.56 Å². The molecular formula is C14H20O2. The lowest BCUT2D eigenvalue weighted by Crippen LogP contribution is -2.28. The minimum absolute atomic E-state index is 0.0957. The Kier molecular flexibility index (Phi) is 4.11. The van der Waals surface area contributed by atoms with E-state index in [2.05, 4.69) is 0 Å². The smallest absolute Gasteiger partial charge is 0.309 e. The number of hydrogen-bond acceptors (Lipinski definition) is 2. The largest absolute Gasteiger partial charge is 0.460 e. The maximum Gasteiger partial charge on any atom is 0.309 e. The van der Waals surface area contributed by atoms with Crippen LogP contribution in [0.5, 0.6) is 0 Å². The Morgan fingerprint density at radius 1 is 1.25 bits per heavy atom. The molecule has 0 unspecified atom stereocenters. The molecule has 0 spiro atoms. The third-order valence-corrected chi connectivity index (χ3v) is 2.19. The van der Waals surface area contributed by atoms with Gasteiger partial charge in [-0.05, 0) is 32.8 Å². The molecule has 1 aromatic rings. The van der Waals surface area contributed by atoms with Crippen molar-refractivity contribution in [3.8, 4) is 0 Å². The molecule has 0 fully saturated rings. The summed E-state index contributed by atoms with van der Waals surface area (Å²) in [5, 5.41) is 0. The highest BCUT2D eigenvalue weighted by Gasteiger charge is 2.21. The molecule has 16 heavy (non-hydrogen) atoms. The second-order valence-electron chi connectivity index (χ2n) is 5.12. The lowest BCUT2D eigenvalue weighted by Gasteiger charge is -2.22. The summed E-state index contributed by atoms with van der Waals surface area (Å²) in [4.78, 5) is 11.7. The van der Waals surface area contributed by atoms with Gasteiger partial charge < -0.3 is 4.74 Å². The van der Waals surface area contributed by atoms with Crippen LogP contribution in [-0.4, -0.2) is 11.6 Å². The zero-order valence-corrected chi connectivity index (χ0v) is 10.5. The monoisotopic (exact) mass is 220 g/mol. The van der Waals surface area contributed by atoms with E-state index in [4.69, 9.17) is 4.74 Å². The van der Waals surface area contributed by atoms with Crippen molar-refractivity contribution in [1.29, 1.82) is 0 Å². The van der Waals surface area contributed by atoms with E-state index >= 15 is 0 Å². The van der Waals surface area contributed by atoms with E-state index in [0.29, 0.717) is 0 Å². The van der Waals surface area contributed by atoms with Gasteiger partial charge in [-0.3, -0.25) is 4.79 Å². The van der Waals surface area contributed by atoms with Crippen LogP contribution in [0.25, 0.3) is 0 Å². The molecule has 2 nitrogen and oxygen atoms in total. The molecule has 1 rings (SSSR count). The summed E-state index contributed by atoms with van der Waals surface area (Å²) in [7, 11) is 0. The van der Waals surface area contributed by atoms with Crippen molar-refractivity contribution < 1.29 is 9.53 Å². The summed E-state index contributed by atoms with van der Waals surface area (Å²) in [6, 6.07) is 10.00. The zero-order chi connectivity index (χ0) is 12.2. The quantitative estimate of drug-likeness (QED) is 0.731. The van der Waals surface area contributed by atoms with Crippen LogP contribution in [0.1, 0.15) is 33.3 Å². The molecule has 0 saturated carbocycles. The number of benzene rings is 1. The fourth-order valence-electron chi connectivity index (χ4n) is 1.45. The topological polar surface area (TPSA) is 26.3 Å². The number of carbonyl (C=O) groups is 1. The molecule has 0 aliphatic rings. The average molecular weight is 220 g/mol. The summed E-state index contributed by atoms with van der Waals surface area (Å²) in [6.07, 6.45) is 0.732. The van der Waals surface area contributed by atoms with E-state index in [9.17, 15) is 4.79 Å². The Balaban J connectivity index is 2.53. The second-order valence-corrected chi connectivity index (χ2v) is 5.12. The number of ether oxygens (including phenoxy) is 1. The van der Waals surface area contributed by atoms with E-state index in [-0.39, 0.29) is 11.9 Å². The molecule has 0 radical (unpaired) electrons. The number of hydrogen-bond donors (Lipinski definition) is 0. The Morgan fingerprint density at radius 3 is 2.31 bits per heavy atom. The lowest BCUT2D eigenvalue weighted by atomic mass is 10.0. The van der Waals surface area contributed by atoms with Crippen LogP contribution in [0.4, 0.5) is 0 Å². The first-order valence-electron chi connectivity index (χ1n) is 5.65. The molecule has 0 bridgehead atoms. The summed E-state index contributed by atoms with van der Waals surface area (Å²) in [5.41, 5.74) is 0.767. The van der Waals surface area contributed by atoms with Gasteiger partial charge in [0.1, 0.15) is 5.60 Å². The summed E-state index contributed by atoms with van der Waals surface area (Å²) >= 11 is 0. The second kappa shape index (κ2) is 5.15. The fourth-order valence-corrected chi connectivity index (χ4v) is 1.45. The third-order valence-electron chi connectivity index (χ3n) is 2.19. The van der Waals surface area contributed by atoms with Gasteiger partial charge in [-0.2, -0.15) is 0 Å². The van der Waals surface area contributed by atoms with Gasteiger partial charge in [0, 0.05) is 0 Å². The van der Waals surface area contributed by atoms with Gasteiger partial charge >= 0.3 is 5.97 Å². The van der Waals surface area contributed by atoms with Crippen LogP contribution in [0.15, 0.2) is 30.3 Å². The first-order chi connectivity index (χ1) is 7.38. The van der Waals surface area contributed by atoms with Crippen molar-refractivity contribution in [3.63, 3.8) is 0 Å². The normalized spacial score (nSPS) is 13.2. The van der Waals surface area contributed by atoms with Gasteiger partial charge in [-0.25, -0.2) is 0 Å². The number of carbonyl (C=O) groups excluding carboxylic acids is 1. The molecule has 1 atom stereocenters. The highest BCUT2D eigenvalue weighted by molar-refractivity contribution is 5.72. The Morgan fingerprint density at radius 2 is 1.81 bits per heavy atom. The standard InChI is InChI=1S/C14H20O2/c1-11(13(15)16-14(2,3)4)10-12-8-6-5-7-9-12/h5-9,11H,10H2,1-4H3/t11-/m0/s1. The number of esters is 1. The fraction of sp³-hybridized carbons (Fsp3) is 0.500. The maximum atomic E-state index is 11.7. The van der Waals surface area contributed by atoms with Gasteiger partial charge in [0.25, 0.3) is 0 Å². The van der Waals surface area contributed by atoms with Gasteiger partial charge in [-0.1, -0.05) is 37.3 Å². The molecule has 0 saturated heterocycles. The Labute approximate surface area is 97.6 Å². The first kappa shape index (κ1) is 12.8. The summed E-state index contributed by atoms with van der Waals surface area (Å²) < 4.78 is 5.33. The van der Waals surface area contributed by atoms with Crippen molar-refractivity contribution in [2.45, 2.75) is 39.7 Å². The van der Waals surface area contributed by atoms with Crippen LogP contribution in [0.3, 0.4) is 0 Å². The zero-order valence-electron chi connectivity index (χ0n) is 10.5. The Hall–Kier alpha value is -1.31. The van der Waals surface area contributed by atoms with Crippen LogP contribution in [-0.2, 0) is 16.0 Å². The SMILES string of the molecule is C[C@@H](Cc1ccccc1)C(=O)OC(C)(C)C. The maximum absolute atomic E-state index is 11.7. The van der Waals surface area contributed by atoms with E-state index in [0.717, 1.165) is 6.42 Å². The molecule has 88 valence electrons. The number of rotatable bonds is 3. The minimum atomic E-state index is -0.401. The van der Waals surface area contributed by atoms with Crippen LogP contribution >= 0.6 is 0 Å². The van der Waals surface area contributed by atoms with Gasteiger partial charge in [-0.15, -0.1) is 0 Å².